The first-order valence-corrected chi connectivity index (χ1v) is 15.4. The predicted octanol–water partition coefficient (Wildman–Crippen LogP) is 3.99. The summed E-state index contributed by atoms with van der Waals surface area (Å²) >= 11 is 0. The van der Waals surface area contributed by atoms with E-state index in [-0.39, 0.29) is 37.8 Å². The number of likely N-dealkylation sites (N-methyl/N-ethyl adjacent to an activating group) is 1. The third-order valence-electron chi connectivity index (χ3n) is 8.27. The number of rotatable bonds is 7. The van der Waals surface area contributed by atoms with Crippen LogP contribution in [0.4, 0.5) is 15.4 Å². The third kappa shape index (κ3) is 7.69. The van der Waals surface area contributed by atoms with E-state index in [1.54, 1.807) is 9.80 Å². The van der Waals surface area contributed by atoms with Crippen molar-refractivity contribution in [3.8, 4) is 6.01 Å². The number of likely N-dealkylation sites (tertiary alicyclic amines) is 1. The lowest BCUT2D eigenvalue weighted by Crippen LogP contribution is -2.57. The monoisotopic (exact) mass is 605 g/mol. The summed E-state index contributed by atoms with van der Waals surface area (Å²) in [6.45, 7) is 17.1. The topological polar surface area (TPSA) is 105 Å². The molecule has 44 heavy (non-hydrogen) atoms. The van der Waals surface area contributed by atoms with E-state index in [1.807, 2.05) is 51.1 Å². The van der Waals surface area contributed by atoms with Gasteiger partial charge in [-0.3, -0.25) is 4.90 Å². The highest BCUT2D eigenvalue weighted by Gasteiger charge is 2.37. The number of carbonyl (C=O) groups excluding carboxylic acids is 2. The molecule has 2 saturated heterocycles. The van der Waals surface area contributed by atoms with Crippen LogP contribution < -0.4 is 9.64 Å². The van der Waals surface area contributed by atoms with Gasteiger partial charge in [0, 0.05) is 37.8 Å². The molecule has 236 valence electrons. The van der Waals surface area contributed by atoms with Crippen molar-refractivity contribution in [1.82, 2.24) is 24.7 Å². The van der Waals surface area contributed by atoms with Gasteiger partial charge in [-0.1, -0.05) is 30.3 Å². The minimum atomic E-state index is -0.602. The standard InChI is InChI=1S/C32H43N7O5/c1-32(2,3)44-30(40)38-15-13-26-27(20-38)34-29(42-22-24-12-9-14-36(24)5)35-28(26)37-16-17-39(25(19-37)18-33-4)31(41)43-21-23-10-7-6-8-11-23/h6-8,10-11,24-25H,9,12-22H2,1-3,5H3/t24-,25+/m0/s1. The van der Waals surface area contributed by atoms with Crippen molar-refractivity contribution in [2.45, 2.75) is 70.9 Å². The van der Waals surface area contributed by atoms with Gasteiger partial charge in [0.15, 0.2) is 0 Å². The van der Waals surface area contributed by atoms with Crippen LogP contribution in [0.25, 0.3) is 4.85 Å². The lowest BCUT2D eigenvalue weighted by atomic mass is 10.0. The average molecular weight is 606 g/mol. The highest BCUT2D eigenvalue weighted by molar-refractivity contribution is 5.70. The first-order valence-electron chi connectivity index (χ1n) is 15.4. The van der Waals surface area contributed by atoms with Gasteiger partial charge in [0.05, 0.1) is 12.2 Å². The zero-order valence-corrected chi connectivity index (χ0v) is 26.2. The van der Waals surface area contributed by atoms with Crippen LogP contribution in [0.1, 0.15) is 50.4 Å². The number of aromatic nitrogens is 2. The fraction of sp³-hybridized carbons (Fsp3) is 0.594. The van der Waals surface area contributed by atoms with Gasteiger partial charge < -0.3 is 33.8 Å². The highest BCUT2D eigenvalue weighted by atomic mass is 16.6. The SMILES string of the molecule is [C-]#[N+]C[C@@H]1CN(c2nc(OC[C@@H]3CCCN3C)nc3c2CCN(C(=O)OC(C)(C)C)C3)CCN1C(=O)OCc1ccccc1. The largest absolute Gasteiger partial charge is 0.462 e. The summed E-state index contributed by atoms with van der Waals surface area (Å²) in [7, 11) is 2.10. The molecule has 3 aliphatic rings. The molecule has 5 rings (SSSR count). The highest BCUT2D eigenvalue weighted by Crippen LogP contribution is 2.31. The molecular formula is C32H43N7O5. The molecule has 0 bridgehead atoms. The number of fused-ring (bicyclic) bond motifs is 1. The van der Waals surface area contributed by atoms with Crippen LogP contribution in [0, 0.1) is 6.57 Å². The van der Waals surface area contributed by atoms with Crippen LogP contribution in [-0.4, -0.2) is 107 Å². The van der Waals surface area contributed by atoms with Crippen molar-refractivity contribution in [2.75, 3.05) is 57.8 Å². The van der Waals surface area contributed by atoms with E-state index in [9.17, 15) is 9.59 Å². The predicted molar refractivity (Wildman–Crippen MR) is 164 cm³/mol. The Balaban J connectivity index is 1.35. The van der Waals surface area contributed by atoms with Crippen LogP contribution >= 0.6 is 0 Å². The van der Waals surface area contributed by atoms with Crippen molar-refractivity contribution >= 4 is 18.0 Å². The second-order valence-corrected chi connectivity index (χ2v) is 12.7. The van der Waals surface area contributed by atoms with Gasteiger partial charge in [-0.25, -0.2) is 16.2 Å². The Hall–Kier alpha value is -4.11. The van der Waals surface area contributed by atoms with E-state index < -0.39 is 11.7 Å². The van der Waals surface area contributed by atoms with E-state index >= 15 is 0 Å². The minimum absolute atomic E-state index is 0.147. The summed E-state index contributed by atoms with van der Waals surface area (Å²) in [5, 5.41) is 0. The van der Waals surface area contributed by atoms with Gasteiger partial charge in [-0.15, -0.1) is 0 Å². The van der Waals surface area contributed by atoms with E-state index in [1.165, 1.54) is 0 Å². The second kappa shape index (κ2) is 13.7. The Morgan fingerprint density at radius 3 is 2.55 bits per heavy atom. The van der Waals surface area contributed by atoms with Crippen LogP contribution in [0.2, 0.25) is 0 Å². The number of anilines is 1. The smallest absolute Gasteiger partial charge is 0.410 e. The molecule has 2 amide bonds. The summed E-state index contributed by atoms with van der Waals surface area (Å²) in [4.78, 5) is 47.1. The van der Waals surface area contributed by atoms with Crippen molar-refractivity contribution < 1.29 is 23.8 Å². The number of amides is 2. The Morgan fingerprint density at radius 2 is 1.84 bits per heavy atom. The first-order chi connectivity index (χ1) is 21.1. The van der Waals surface area contributed by atoms with E-state index in [2.05, 4.69) is 21.7 Å². The van der Waals surface area contributed by atoms with Crippen molar-refractivity contribution in [1.29, 1.82) is 0 Å². The lowest BCUT2D eigenvalue weighted by molar-refractivity contribution is 0.0220. The molecule has 4 heterocycles. The number of carbonyl (C=O) groups is 2. The first kappa shape index (κ1) is 31.3. The van der Waals surface area contributed by atoms with Crippen LogP contribution in [0.5, 0.6) is 6.01 Å². The number of ether oxygens (including phenoxy) is 3. The van der Waals surface area contributed by atoms with Gasteiger partial charge in [0.25, 0.3) is 0 Å². The average Bonchev–Trinajstić information content (AvgIpc) is 3.42. The number of benzene rings is 1. The maximum atomic E-state index is 13.1. The summed E-state index contributed by atoms with van der Waals surface area (Å²) < 4.78 is 17.4. The molecule has 0 N–H and O–H groups in total. The molecule has 0 radical (unpaired) electrons. The Labute approximate surface area is 259 Å². The second-order valence-electron chi connectivity index (χ2n) is 12.7. The molecule has 0 saturated carbocycles. The minimum Gasteiger partial charge on any atom is -0.462 e. The molecular weight excluding hydrogens is 562 g/mol. The zero-order valence-electron chi connectivity index (χ0n) is 26.2. The summed E-state index contributed by atoms with van der Waals surface area (Å²) in [6.07, 6.45) is 1.94. The number of hydrogen-bond donors (Lipinski definition) is 0. The van der Waals surface area contributed by atoms with E-state index in [4.69, 9.17) is 30.8 Å². The molecule has 3 aliphatic heterocycles. The van der Waals surface area contributed by atoms with Crippen LogP contribution in [-0.2, 0) is 29.0 Å². The fourth-order valence-corrected chi connectivity index (χ4v) is 5.91. The molecule has 2 fully saturated rings. The molecule has 0 spiro atoms. The van der Waals surface area contributed by atoms with Gasteiger partial charge in [-0.2, -0.15) is 9.97 Å². The normalized spacial score (nSPS) is 20.6. The van der Waals surface area contributed by atoms with Crippen LogP contribution in [0.15, 0.2) is 30.3 Å². The summed E-state index contributed by atoms with van der Waals surface area (Å²) in [5.41, 5.74) is 1.99. The zero-order chi connectivity index (χ0) is 31.3. The Morgan fingerprint density at radius 1 is 1.05 bits per heavy atom. The molecule has 1 aromatic heterocycles. The van der Waals surface area contributed by atoms with Gasteiger partial charge in [-0.05, 0) is 59.2 Å². The van der Waals surface area contributed by atoms with Crippen molar-refractivity contribution in [3.05, 3.63) is 58.6 Å². The van der Waals surface area contributed by atoms with Gasteiger partial charge in [0.1, 0.15) is 30.7 Å². The fourth-order valence-electron chi connectivity index (χ4n) is 5.91. The number of nitrogens with zero attached hydrogens (tertiary/aromatic N) is 7. The number of hydrogen-bond acceptors (Lipinski definition) is 9. The van der Waals surface area contributed by atoms with Crippen molar-refractivity contribution in [2.24, 2.45) is 0 Å². The molecule has 1 aromatic carbocycles. The lowest BCUT2D eigenvalue weighted by Gasteiger charge is -2.40. The van der Waals surface area contributed by atoms with Gasteiger partial charge in [0.2, 0.25) is 6.54 Å². The molecule has 12 heteroatoms. The molecule has 2 aromatic rings. The quantitative estimate of drug-likeness (QED) is 0.434. The third-order valence-corrected chi connectivity index (χ3v) is 8.27. The maximum Gasteiger partial charge on any atom is 0.410 e. The maximum absolute atomic E-state index is 13.1. The number of piperazine rings is 1. The molecule has 12 nitrogen and oxygen atoms in total. The molecule has 0 unspecified atom stereocenters. The summed E-state index contributed by atoms with van der Waals surface area (Å²) in [6, 6.07) is 9.75. The van der Waals surface area contributed by atoms with E-state index in [0.29, 0.717) is 45.2 Å². The van der Waals surface area contributed by atoms with E-state index in [0.717, 1.165) is 42.0 Å². The van der Waals surface area contributed by atoms with Crippen molar-refractivity contribution in [3.63, 3.8) is 0 Å². The van der Waals surface area contributed by atoms with Gasteiger partial charge >= 0.3 is 18.2 Å². The Bertz CT molecular complexity index is 1360. The summed E-state index contributed by atoms with van der Waals surface area (Å²) in [5.74, 6) is 0.737. The van der Waals surface area contributed by atoms with Crippen LogP contribution in [0.3, 0.4) is 0 Å². The Kier molecular flexibility index (Phi) is 9.74. The molecule has 2 atom stereocenters. The molecule has 0 aliphatic carbocycles.